The summed E-state index contributed by atoms with van der Waals surface area (Å²) in [4.78, 5) is 12.9. The van der Waals surface area contributed by atoms with E-state index in [0.717, 1.165) is 11.1 Å². The molecule has 1 atom stereocenters. The molecule has 0 saturated heterocycles. The molecule has 0 saturated carbocycles. The third-order valence-corrected chi connectivity index (χ3v) is 5.27. The van der Waals surface area contributed by atoms with Gasteiger partial charge in [-0.1, -0.05) is 72.4 Å². The Morgan fingerprint density at radius 3 is 2.17 bits per heavy atom. The summed E-state index contributed by atoms with van der Waals surface area (Å²) in [7, 11) is 0. The van der Waals surface area contributed by atoms with Gasteiger partial charge in [0.15, 0.2) is 5.76 Å². The molecule has 2 aromatic heterocycles. The largest absolute Gasteiger partial charge is 0.459 e. The first kappa shape index (κ1) is 19.0. The predicted octanol–water partition coefficient (Wildman–Crippen LogP) is 4.72. The first-order chi connectivity index (χ1) is 14.2. The molecule has 29 heavy (non-hydrogen) atoms. The molecule has 2 heterocycles. The number of aromatic nitrogens is 2. The van der Waals surface area contributed by atoms with Crippen molar-refractivity contribution in [1.29, 1.82) is 0 Å². The lowest BCUT2D eigenvalue weighted by Gasteiger charge is -2.21. The summed E-state index contributed by atoms with van der Waals surface area (Å²) in [6.45, 7) is 1.81. The summed E-state index contributed by atoms with van der Waals surface area (Å²) in [5.74, 6) is 0.664. The van der Waals surface area contributed by atoms with Gasteiger partial charge in [-0.15, -0.1) is 10.2 Å². The van der Waals surface area contributed by atoms with E-state index in [9.17, 15) is 4.79 Å². The predicted molar refractivity (Wildman–Crippen MR) is 110 cm³/mol. The molecule has 1 N–H and O–H groups in total. The highest BCUT2D eigenvalue weighted by Gasteiger charge is 2.23. The van der Waals surface area contributed by atoms with Crippen molar-refractivity contribution in [2.75, 3.05) is 0 Å². The summed E-state index contributed by atoms with van der Waals surface area (Å²) in [6, 6.07) is 23.0. The molecule has 0 bridgehead atoms. The maximum absolute atomic E-state index is 12.9. The van der Waals surface area contributed by atoms with Crippen molar-refractivity contribution in [3.8, 4) is 11.7 Å². The Labute approximate surface area is 172 Å². The molecular formula is C22H19N3O3S. The number of amides is 1. The summed E-state index contributed by atoms with van der Waals surface area (Å²) in [5.41, 5.74) is 2.03. The molecule has 0 aliphatic carbocycles. The molecule has 0 unspecified atom stereocenters. The number of furan rings is 1. The normalized spacial score (nSPS) is 12.1. The lowest BCUT2D eigenvalue weighted by atomic mass is 9.98. The smallest absolute Gasteiger partial charge is 0.284 e. The van der Waals surface area contributed by atoms with E-state index in [1.807, 2.05) is 67.6 Å². The van der Waals surface area contributed by atoms with E-state index < -0.39 is 5.25 Å². The fourth-order valence-electron chi connectivity index (χ4n) is 2.87. The number of nitrogens with zero attached hydrogens (tertiary/aromatic N) is 2. The minimum Gasteiger partial charge on any atom is -0.459 e. The van der Waals surface area contributed by atoms with E-state index >= 15 is 0 Å². The fraction of sp³-hybridized carbons (Fsp3) is 0.136. The second-order valence-electron chi connectivity index (χ2n) is 6.37. The summed E-state index contributed by atoms with van der Waals surface area (Å²) in [6.07, 6.45) is 1.54. The molecule has 0 fully saturated rings. The van der Waals surface area contributed by atoms with Crippen molar-refractivity contribution in [3.05, 3.63) is 90.2 Å². The second-order valence-corrected chi connectivity index (χ2v) is 7.67. The zero-order valence-electron chi connectivity index (χ0n) is 15.7. The van der Waals surface area contributed by atoms with Crippen molar-refractivity contribution in [2.45, 2.75) is 23.4 Å². The van der Waals surface area contributed by atoms with Crippen LogP contribution in [0.3, 0.4) is 0 Å². The molecule has 0 aliphatic heterocycles. The number of hydrogen-bond acceptors (Lipinski definition) is 6. The Bertz CT molecular complexity index is 1010. The van der Waals surface area contributed by atoms with Gasteiger partial charge in [-0.3, -0.25) is 4.79 Å². The van der Waals surface area contributed by atoms with Crippen LogP contribution in [0.15, 0.2) is 93.1 Å². The Balaban J connectivity index is 1.47. The van der Waals surface area contributed by atoms with E-state index in [0.29, 0.717) is 11.0 Å². The molecule has 1 amide bonds. The van der Waals surface area contributed by atoms with Gasteiger partial charge in [0.1, 0.15) is 0 Å². The van der Waals surface area contributed by atoms with E-state index in [4.69, 9.17) is 8.83 Å². The number of carbonyl (C=O) groups excluding carboxylic acids is 1. The van der Waals surface area contributed by atoms with Crippen molar-refractivity contribution < 1.29 is 13.6 Å². The van der Waals surface area contributed by atoms with Crippen LogP contribution >= 0.6 is 11.8 Å². The lowest BCUT2D eigenvalue weighted by molar-refractivity contribution is -0.120. The monoisotopic (exact) mass is 405 g/mol. The van der Waals surface area contributed by atoms with Crippen LogP contribution in [0.1, 0.15) is 24.1 Å². The maximum Gasteiger partial charge on any atom is 0.284 e. The average molecular weight is 405 g/mol. The van der Waals surface area contributed by atoms with Crippen molar-refractivity contribution in [2.24, 2.45) is 0 Å². The van der Waals surface area contributed by atoms with Gasteiger partial charge in [0.25, 0.3) is 11.1 Å². The molecular weight excluding hydrogens is 386 g/mol. The summed E-state index contributed by atoms with van der Waals surface area (Å²) in [5, 5.41) is 11.0. The Morgan fingerprint density at radius 1 is 0.931 bits per heavy atom. The third kappa shape index (κ3) is 4.57. The number of hydrogen-bond donors (Lipinski definition) is 1. The van der Waals surface area contributed by atoms with Crippen LogP contribution < -0.4 is 5.32 Å². The van der Waals surface area contributed by atoms with Crippen LogP contribution in [-0.2, 0) is 4.79 Å². The fourth-order valence-corrected chi connectivity index (χ4v) is 3.56. The number of nitrogens with one attached hydrogen (secondary N) is 1. The minimum atomic E-state index is -0.421. The van der Waals surface area contributed by atoms with Crippen LogP contribution in [0, 0.1) is 0 Å². The highest BCUT2D eigenvalue weighted by Crippen LogP contribution is 2.28. The zero-order chi connectivity index (χ0) is 20.1. The molecule has 146 valence electrons. The van der Waals surface area contributed by atoms with Gasteiger partial charge in [0.05, 0.1) is 17.6 Å². The molecule has 0 spiro atoms. The molecule has 7 heteroatoms. The SMILES string of the molecule is C[C@@H](Sc1nnc(-c2ccco2)o1)C(=O)NC(c1ccccc1)c1ccccc1. The Kier molecular flexibility index (Phi) is 5.76. The number of rotatable bonds is 7. The molecule has 4 aromatic rings. The standard InChI is InChI=1S/C22H19N3O3S/c1-15(29-22-25-24-21(28-22)18-13-8-14-27-18)20(26)23-19(16-9-4-2-5-10-16)17-11-6-3-7-12-17/h2-15,19H,1H3,(H,23,26)/t15-/m1/s1. The van der Waals surface area contributed by atoms with E-state index in [1.165, 1.54) is 18.0 Å². The first-order valence-corrected chi connectivity index (χ1v) is 10.0. The van der Waals surface area contributed by atoms with Crippen molar-refractivity contribution >= 4 is 17.7 Å². The minimum absolute atomic E-state index is 0.120. The van der Waals surface area contributed by atoms with Crippen LogP contribution in [0.2, 0.25) is 0 Å². The van der Waals surface area contributed by atoms with Gasteiger partial charge in [0.2, 0.25) is 5.91 Å². The van der Waals surface area contributed by atoms with Gasteiger partial charge in [0, 0.05) is 0 Å². The van der Waals surface area contributed by atoms with Crippen LogP contribution in [0.25, 0.3) is 11.7 Å². The number of benzene rings is 2. The summed E-state index contributed by atoms with van der Waals surface area (Å²) < 4.78 is 10.8. The second kappa shape index (κ2) is 8.79. The van der Waals surface area contributed by atoms with E-state index in [1.54, 1.807) is 12.1 Å². The Morgan fingerprint density at radius 2 is 1.59 bits per heavy atom. The van der Waals surface area contributed by atoms with Crippen LogP contribution in [0.5, 0.6) is 0 Å². The molecule has 0 radical (unpaired) electrons. The zero-order valence-corrected chi connectivity index (χ0v) is 16.5. The molecule has 6 nitrogen and oxygen atoms in total. The highest BCUT2D eigenvalue weighted by atomic mass is 32.2. The van der Waals surface area contributed by atoms with E-state index in [-0.39, 0.29) is 17.8 Å². The average Bonchev–Trinajstić information content (AvgIpc) is 3.45. The molecule has 0 aliphatic rings. The Hall–Kier alpha value is -3.32. The van der Waals surface area contributed by atoms with Crippen molar-refractivity contribution in [3.63, 3.8) is 0 Å². The van der Waals surface area contributed by atoms with Gasteiger partial charge < -0.3 is 14.2 Å². The molecule has 2 aromatic carbocycles. The van der Waals surface area contributed by atoms with Crippen molar-refractivity contribution in [1.82, 2.24) is 15.5 Å². The van der Waals surface area contributed by atoms with Gasteiger partial charge >= 0.3 is 0 Å². The summed E-state index contributed by atoms with van der Waals surface area (Å²) >= 11 is 1.21. The topological polar surface area (TPSA) is 81.2 Å². The quantitative estimate of drug-likeness (QED) is 0.448. The van der Waals surface area contributed by atoms with Crippen LogP contribution in [0.4, 0.5) is 0 Å². The van der Waals surface area contributed by atoms with Crippen LogP contribution in [-0.4, -0.2) is 21.4 Å². The van der Waals surface area contributed by atoms with Gasteiger partial charge in [-0.05, 0) is 30.2 Å². The molecule has 4 rings (SSSR count). The van der Waals surface area contributed by atoms with Gasteiger partial charge in [-0.2, -0.15) is 0 Å². The lowest BCUT2D eigenvalue weighted by Crippen LogP contribution is -2.34. The van der Waals surface area contributed by atoms with Gasteiger partial charge in [-0.25, -0.2) is 0 Å². The maximum atomic E-state index is 12.9. The first-order valence-electron chi connectivity index (χ1n) is 9.15. The third-order valence-electron chi connectivity index (χ3n) is 4.34. The highest BCUT2D eigenvalue weighted by molar-refractivity contribution is 8.00. The van der Waals surface area contributed by atoms with E-state index in [2.05, 4.69) is 15.5 Å². The number of thioether (sulfide) groups is 1. The number of carbonyl (C=O) groups is 1.